The van der Waals surface area contributed by atoms with Crippen molar-refractivity contribution in [3.05, 3.63) is 30.2 Å². The highest BCUT2D eigenvalue weighted by Crippen LogP contribution is 2.21. The Kier molecular flexibility index (Phi) is 5.11. The van der Waals surface area contributed by atoms with Crippen molar-refractivity contribution in [2.24, 2.45) is 0 Å². The van der Waals surface area contributed by atoms with Crippen molar-refractivity contribution in [2.75, 3.05) is 13.1 Å². The zero-order chi connectivity index (χ0) is 18.7. The number of aromatic nitrogens is 3. The van der Waals surface area contributed by atoms with E-state index in [1.807, 2.05) is 49.6 Å². The van der Waals surface area contributed by atoms with Crippen LogP contribution in [0.3, 0.4) is 0 Å². The molecular formula is C18H25N5O3. The average Bonchev–Trinajstić information content (AvgIpc) is 3.20. The summed E-state index contributed by atoms with van der Waals surface area (Å²) in [4.78, 5) is 26.3. The van der Waals surface area contributed by atoms with Gasteiger partial charge in [-0.1, -0.05) is 6.07 Å². The molecule has 0 spiro atoms. The topological polar surface area (TPSA) is 88.8 Å². The van der Waals surface area contributed by atoms with Crippen molar-refractivity contribution in [3.63, 3.8) is 0 Å². The molecule has 1 aliphatic rings. The summed E-state index contributed by atoms with van der Waals surface area (Å²) < 4.78 is 7.30. The highest BCUT2D eigenvalue weighted by Gasteiger charge is 2.36. The molecule has 0 aliphatic carbocycles. The minimum atomic E-state index is -0.574. The summed E-state index contributed by atoms with van der Waals surface area (Å²) >= 11 is 0. The predicted octanol–water partition coefficient (Wildman–Crippen LogP) is 1.79. The largest absolute Gasteiger partial charge is 0.444 e. The number of fused-ring (bicyclic) bond motifs is 1. The Morgan fingerprint density at radius 2 is 2.12 bits per heavy atom. The lowest BCUT2D eigenvalue weighted by Crippen LogP contribution is -2.47. The summed E-state index contributed by atoms with van der Waals surface area (Å²) in [5, 5.41) is 11.2. The number of amides is 2. The molecule has 140 valence electrons. The average molecular weight is 359 g/mol. The maximum absolute atomic E-state index is 12.5. The van der Waals surface area contributed by atoms with Gasteiger partial charge in [0.05, 0.1) is 0 Å². The van der Waals surface area contributed by atoms with Gasteiger partial charge in [0.25, 0.3) is 0 Å². The van der Waals surface area contributed by atoms with Gasteiger partial charge in [0, 0.05) is 25.7 Å². The summed E-state index contributed by atoms with van der Waals surface area (Å²) in [7, 11) is 0. The third kappa shape index (κ3) is 4.12. The third-order valence-corrected chi connectivity index (χ3v) is 4.22. The summed E-state index contributed by atoms with van der Waals surface area (Å²) in [6.45, 7) is 6.44. The van der Waals surface area contributed by atoms with Crippen LogP contribution in [-0.2, 0) is 16.0 Å². The molecule has 2 aromatic heterocycles. The van der Waals surface area contributed by atoms with Crippen molar-refractivity contribution < 1.29 is 14.3 Å². The van der Waals surface area contributed by atoms with Crippen LogP contribution in [0.2, 0.25) is 0 Å². The number of nitrogens with zero attached hydrogens (tertiary/aromatic N) is 4. The number of nitrogens with one attached hydrogen (secondary N) is 1. The smallest absolute Gasteiger partial charge is 0.410 e. The van der Waals surface area contributed by atoms with Crippen LogP contribution in [0.4, 0.5) is 4.79 Å². The Morgan fingerprint density at radius 1 is 1.31 bits per heavy atom. The molecule has 26 heavy (non-hydrogen) atoms. The Labute approximate surface area is 152 Å². The van der Waals surface area contributed by atoms with Gasteiger partial charge in [0.15, 0.2) is 5.65 Å². The first-order valence-electron chi connectivity index (χ1n) is 8.91. The van der Waals surface area contributed by atoms with Crippen LogP contribution in [-0.4, -0.2) is 56.2 Å². The van der Waals surface area contributed by atoms with Crippen LogP contribution in [0.25, 0.3) is 5.65 Å². The fourth-order valence-corrected chi connectivity index (χ4v) is 3.06. The van der Waals surface area contributed by atoms with Gasteiger partial charge in [-0.2, -0.15) is 0 Å². The van der Waals surface area contributed by atoms with E-state index in [4.69, 9.17) is 4.74 Å². The molecule has 2 aromatic rings. The van der Waals surface area contributed by atoms with Crippen LogP contribution < -0.4 is 5.32 Å². The van der Waals surface area contributed by atoms with E-state index < -0.39 is 17.7 Å². The van der Waals surface area contributed by atoms with E-state index in [9.17, 15) is 9.59 Å². The van der Waals surface area contributed by atoms with Crippen molar-refractivity contribution in [2.45, 2.75) is 51.7 Å². The fourth-order valence-electron chi connectivity index (χ4n) is 3.06. The summed E-state index contributed by atoms with van der Waals surface area (Å²) in [5.74, 6) is 0.638. The first-order chi connectivity index (χ1) is 12.3. The van der Waals surface area contributed by atoms with E-state index in [0.29, 0.717) is 25.9 Å². The Morgan fingerprint density at radius 3 is 2.88 bits per heavy atom. The monoisotopic (exact) mass is 359 g/mol. The molecule has 1 N–H and O–H groups in total. The second-order valence-electron chi connectivity index (χ2n) is 7.42. The van der Waals surface area contributed by atoms with Gasteiger partial charge in [-0.25, -0.2) is 4.79 Å². The van der Waals surface area contributed by atoms with Gasteiger partial charge in [-0.05, 0) is 45.7 Å². The normalized spacial score (nSPS) is 17.5. The SMILES string of the molecule is CC(C)(C)OC(=O)N1CCCC1C(=O)NCCc1nnc2ccccn12. The molecule has 3 heterocycles. The fraction of sp³-hybridized carbons (Fsp3) is 0.556. The summed E-state index contributed by atoms with van der Waals surface area (Å²) in [6, 6.07) is 5.23. The van der Waals surface area contributed by atoms with Crippen LogP contribution in [0, 0.1) is 0 Å². The lowest BCUT2D eigenvalue weighted by Gasteiger charge is -2.28. The van der Waals surface area contributed by atoms with Crippen molar-refractivity contribution in [3.8, 4) is 0 Å². The molecule has 1 saturated heterocycles. The van der Waals surface area contributed by atoms with E-state index in [1.54, 1.807) is 0 Å². The lowest BCUT2D eigenvalue weighted by molar-refractivity contribution is -0.125. The van der Waals surface area contributed by atoms with E-state index in [0.717, 1.165) is 17.9 Å². The van der Waals surface area contributed by atoms with Crippen LogP contribution in [0.15, 0.2) is 24.4 Å². The minimum Gasteiger partial charge on any atom is -0.444 e. The molecule has 0 saturated carbocycles. The molecular weight excluding hydrogens is 334 g/mol. The Hall–Kier alpha value is -2.64. The lowest BCUT2D eigenvalue weighted by atomic mass is 10.2. The molecule has 1 aliphatic heterocycles. The van der Waals surface area contributed by atoms with Crippen LogP contribution in [0.5, 0.6) is 0 Å². The Bertz CT molecular complexity index is 795. The van der Waals surface area contributed by atoms with Crippen LogP contribution >= 0.6 is 0 Å². The molecule has 0 aromatic carbocycles. The van der Waals surface area contributed by atoms with Crippen LogP contribution in [0.1, 0.15) is 39.4 Å². The van der Waals surface area contributed by atoms with Crippen molar-refractivity contribution in [1.29, 1.82) is 0 Å². The quantitative estimate of drug-likeness (QED) is 0.899. The highest BCUT2D eigenvalue weighted by molar-refractivity contribution is 5.86. The van der Waals surface area contributed by atoms with Crippen molar-refractivity contribution in [1.82, 2.24) is 24.8 Å². The molecule has 2 amide bonds. The highest BCUT2D eigenvalue weighted by atomic mass is 16.6. The number of ether oxygens (including phenoxy) is 1. The van der Waals surface area contributed by atoms with Gasteiger partial charge >= 0.3 is 6.09 Å². The predicted molar refractivity (Wildman–Crippen MR) is 95.7 cm³/mol. The number of pyridine rings is 1. The Balaban J connectivity index is 1.55. The first-order valence-corrected chi connectivity index (χ1v) is 8.91. The standard InChI is InChI=1S/C18H25N5O3/c1-18(2,3)26-17(25)22-12-6-7-13(22)16(24)19-10-9-15-21-20-14-8-4-5-11-23(14)15/h4-5,8,11,13H,6-7,9-10,12H2,1-3H3,(H,19,24). The van der Waals surface area contributed by atoms with Gasteiger partial charge in [-0.15, -0.1) is 10.2 Å². The zero-order valence-electron chi connectivity index (χ0n) is 15.4. The molecule has 3 rings (SSSR count). The molecule has 0 bridgehead atoms. The number of hydrogen-bond donors (Lipinski definition) is 1. The molecule has 0 radical (unpaired) electrons. The first kappa shape index (κ1) is 18.2. The number of likely N-dealkylation sites (tertiary alicyclic amines) is 1. The van der Waals surface area contributed by atoms with Gasteiger partial charge < -0.3 is 10.1 Å². The van der Waals surface area contributed by atoms with E-state index in [1.165, 1.54) is 4.90 Å². The maximum atomic E-state index is 12.5. The van der Waals surface area contributed by atoms with E-state index in [2.05, 4.69) is 15.5 Å². The number of carbonyl (C=O) groups excluding carboxylic acids is 2. The molecule has 1 atom stereocenters. The molecule has 8 heteroatoms. The van der Waals surface area contributed by atoms with E-state index >= 15 is 0 Å². The third-order valence-electron chi connectivity index (χ3n) is 4.22. The van der Waals surface area contributed by atoms with Gasteiger partial charge in [0.2, 0.25) is 5.91 Å². The molecule has 8 nitrogen and oxygen atoms in total. The number of hydrogen-bond acceptors (Lipinski definition) is 5. The number of rotatable bonds is 4. The second kappa shape index (κ2) is 7.31. The second-order valence-corrected chi connectivity index (χ2v) is 7.42. The maximum Gasteiger partial charge on any atom is 0.410 e. The van der Waals surface area contributed by atoms with Crippen molar-refractivity contribution >= 4 is 17.6 Å². The minimum absolute atomic E-state index is 0.151. The van der Waals surface area contributed by atoms with Gasteiger partial charge in [-0.3, -0.25) is 14.1 Å². The summed E-state index contributed by atoms with van der Waals surface area (Å²) in [6.07, 6.45) is 3.48. The molecule has 1 unspecified atom stereocenters. The molecule has 1 fully saturated rings. The summed E-state index contributed by atoms with van der Waals surface area (Å²) in [5.41, 5.74) is 0.204. The zero-order valence-corrected chi connectivity index (χ0v) is 15.4. The number of carbonyl (C=O) groups is 2. The van der Waals surface area contributed by atoms with Gasteiger partial charge in [0.1, 0.15) is 17.5 Å². The van der Waals surface area contributed by atoms with E-state index in [-0.39, 0.29) is 5.91 Å².